The monoisotopic (exact) mass is 201 g/mol. The minimum Gasteiger partial charge on any atom is -0.497 e. The van der Waals surface area contributed by atoms with Crippen molar-refractivity contribution in [2.45, 2.75) is 18.3 Å². The van der Waals surface area contributed by atoms with Crippen LogP contribution in [0.1, 0.15) is 18.4 Å². The quantitative estimate of drug-likeness (QED) is 0.733. The maximum Gasteiger partial charge on any atom is 0.136 e. The van der Waals surface area contributed by atoms with Crippen LogP contribution in [-0.4, -0.2) is 12.9 Å². The number of benzene rings is 1. The van der Waals surface area contributed by atoms with Crippen LogP contribution in [0.15, 0.2) is 24.3 Å². The summed E-state index contributed by atoms with van der Waals surface area (Å²) in [6.45, 7) is 0. The summed E-state index contributed by atoms with van der Waals surface area (Å²) in [6.07, 6.45) is 0.660. The number of carbonyl (C=O) groups is 1. The molecule has 2 rings (SSSR count). The minimum atomic E-state index is -0.606. The number of nitrogens with zero attached hydrogens (tertiary/aromatic N) is 1. The first-order chi connectivity index (χ1) is 7.20. The van der Waals surface area contributed by atoms with Gasteiger partial charge in [0.15, 0.2) is 0 Å². The molecule has 0 aliphatic heterocycles. The maximum absolute atomic E-state index is 11.0. The Morgan fingerprint density at radius 3 is 2.73 bits per heavy atom. The van der Waals surface area contributed by atoms with Crippen LogP contribution in [-0.2, 0) is 10.2 Å². The first kappa shape index (κ1) is 9.72. The summed E-state index contributed by atoms with van der Waals surface area (Å²) in [5.41, 5.74) is 0.273. The number of hydrogen-bond donors (Lipinski definition) is 0. The molecule has 0 amide bonds. The summed E-state index contributed by atoms with van der Waals surface area (Å²) >= 11 is 0. The summed E-state index contributed by atoms with van der Waals surface area (Å²) in [5.74, 6) is 0.876. The Hall–Kier alpha value is -1.82. The largest absolute Gasteiger partial charge is 0.497 e. The van der Waals surface area contributed by atoms with E-state index in [4.69, 9.17) is 10.00 Å². The van der Waals surface area contributed by atoms with Gasteiger partial charge in [-0.3, -0.25) is 4.79 Å². The van der Waals surface area contributed by atoms with Crippen molar-refractivity contribution in [2.24, 2.45) is 0 Å². The number of Topliss-reactive ketones (excluding diaryl/α,β-unsaturated/α-hetero) is 1. The lowest BCUT2D eigenvalue weighted by Crippen LogP contribution is -2.40. The van der Waals surface area contributed by atoms with Crippen molar-refractivity contribution in [2.75, 3.05) is 7.11 Å². The topological polar surface area (TPSA) is 50.1 Å². The fourth-order valence-electron chi connectivity index (χ4n) is 1.89. The van der Waals surface area contributed by atoms with Crippen LogP contribution >= 0.6 is 0 Å². The predicted molar refractivity (Wildman–Crippen MR) is 54.5 cm³/mol. The fourth-order valence-corrected chi connectivity index (χ4v) is 1.89. The van der Waals surface area contributed by atoms with E-state index in [-0.39, 0.29) is 5.78 Å². The number of nitriles is 1. The molecule has 0 bridgehead atoms. The molecule has 0 atom stereocenters. The second-order valence-electron chi connectivity index (χ2n) is 3.82. The second kappa shape index (κ2) is 3.39. The van der Waals surface area contributed by atoms with Gasteiger partial charge in [0, 0.05) is 12.8 Å². The van der Waals surface area contributed by atoms with E-state index in [2.05, 4.69) is 6.07 Å². The van der Waals surface area contributed by atoms with Gasteiger partial charge in [-0.2, -0.15) is 5.26 Å². The van der Waals surface area contributed by atoms with Crippen molar-refractivity contribution in [3.05, 3.63) is 29.8 Å². The van der Waals surface area contributed by atoms with E-state index in [1.807, 2.05) is 24.3 Å². The lowest BCUT2D eigenvalue weighted by Gasteiger charge is -2.34. The highest BCUT2D eigenvalue weighted by Gasteiger charge is 2.45. The zero-order chi connectivity index (χ0) is 10.9. The van der Waals surface area contributed by atoms with Crippen LogP contribution in [0, 0.1) is 11.3 Å². The molecule has 0 saturated heterocycles. The summed E-state index contributed by atoms with van der Waals surface area (Å²) in [7, 11) is 1.59. The van der Waals surface area contributed by atoms with Crippen molar-refractivity contribution >= 4 is 5.78 Å². The van der Waals surface area contributed by atoms with E-state index >= 15 is 0 Å². The van der Waals surface area contributed by atoms with Crippen LogP contribution in [0.25, 0.3) is 0 Å². The van der Waals surface area contributed by atoms with Crippen molar-refractivity contribution in [3.8, 4) is 11.8 Å². The van der Waals surface area contributed by atoms with E-state index in [0.29, 0.717) is 12.8 Å². The molecule has 1 saturated carbocycles. The summed E-state index contributed by atoms with van der Waals surface area (Å²) in [6, 6.07) is 9.61. The molecular formula is C12H11NO2. The van der Waals surface area contributed by atoms with Crippen molar-refractivity contribution < 1.29 is 9.53 Å². The molecule has 1 fully saturated rings. The van der Waals surface area contributed by atoms with Gasteiger partial charge in [-0.1, -0.05) is 12.1 Å². The SMILES string of the molecule is COc1cccc(C2(C#N)CC(=O)C2)c1. The first-order valence-corrected chi connectivity index (χ1v) is 4.78. The van der Waals surface area contributed by atoms with Crippen LogP contribution in [0.5, 0.6) is 5.75 Å². The number of carbonyl (C=O) groups excluding carboxylic acids is 1. The smallest absolute Gasteiger partial charge is 0.136 e. The Bertz CT molecular complexity index is 437. The first-order valence-electron chi connectivity index (χ1n) is 4.78. The molecule has 76 valence electrons. The predicted octanol–water partition coefficient (Wildman–Crippen LogP) is 1.82. The number of methoxy groups -OCH3 is 1. The summed E-state index contributed by atoms with van der Waals surface area (Å²) < 4.78 is 5.10. The lowest BCUT2D eigenvalue weighted by molar-refractivity contribution is -0.126. The van der Waals surface area contributed by atoms with Crippen molar-refractivity contribution in [3.63, 3.8) is 0 Å². The number of rotatable bonds is 2. The van der Waals surface area contributed by atoms with Gasteiger partial charge >= 0.3 is 0 Å². The molecule has 0 aromatic heterocycles. The minimum absolute atomic E-state index is 0.152. The van der Waals surface area contributed by atoms with E-state index in [0.717, 1.165) is 11.3 Å². The average Bonchev–Trinajstić information content (AvgIpc) is 2.24. The Balaban J connectivity index is 2.36. The van der Waals surface area contributed by atoms with Crippen LogP contribution < -0.4 is 4.74 Å². The molecule has 15 heavy (non-hydrogen) atoms. The summed E-state index contributed by atoms with van der Waals surface area (Å²) in [5, 5.41) is 9.13. The normalized spacial score (nSPS) is 17.7. The Kier molecular flexibility index (Phi) is 2.20. The Morgan fingerprint density at radius 1 is 1.47 bits per heavy atom. The molecule has 3 heteroatoms. The van der Waals surface area contributed by atoms with Gasteiger partial charge in [-0.25, -0.2) is 0 Å². The van der Waals surface area contributed by atoms with Crippen molar-refractivity contribution in [1.29, 1.82) is 5.26 Å². The Labute approximate surface area is 88.3 Å². The standard InChI is InChI=1S/C12H11NO2/c1-15-11-4-2-3-9(5-11)12(8-13)6-10(14)7-12/h2-5H,6-7H2,1H3. The fraction of sp³-hybridized carbons (Fsp3) is 0.333. The molecule has 0 spiro atoms. The van der Waals surface area contributed by atoms with Gasteiger partial charge in [-0.15, -0.1) is 0 Å². The molecule has 1 aliphatic rings. The number of ether oxygens (including phenoxy) is 1. The highest BCUT2D eigenvalue weighted by molar-refractivity contribution is 5.90. The van der Waals surface area contributed by atoms with E-state index in [9.17, 15) is 4.79 Å². The third-order valence-electron chi connectivity index (χ3n) is 2.83. The van der Waals surface area contributed by atoms with E-state index in [1.165, 1.54) is 0 Å². The third kappa shape index (κ3) is 1.48. The molecule has 0 heterocycles. The highest BCUT2D eigenvalue weighted by atomic mass is 16.5. The van der Waals surface area contributed by atoms with Gasteiger partial charge < -0.3 is 4.74 Å². The van der Waals surface area contributed by atoms with E-state index < -0.39 is 5.41 Å². The number of ketones is 1. The lowest BCUT2D eigenvalue weighted by atomic mass is 9.65. The Morgan fingerprint density at radius 2 is 2.20 bits per heavy atom. The third-order valence-corrected chi connectivity index (χ3v) is 2.83. The molecular weight excluding hydrogens is 190 g/mol. The summed E-state index contributed by atoms with van der Waals surface area (Å²) in [4.78, 5) is 11.0. The molecule has 0 unspecified atom stereocenters. The second-order valence-corrected chi connectivity index (χ2v) is 3.82. The zero-order valence-corrected chi connectivity index (χ0v) is 8.49. The molecule has 1 aromatic carbocycles. The molecule has 1 aromatic rings. The molecule has 3 nitrogen and oxygen atoms in total. The van der Waals surface area contributed by atoms with E-state index in [1.54, 1.807) is 7.11 Å². The van der Waals surface area contributed by atoms with Gasteiger partial charge in [0.05, 0.1) is 18.6 Å². The molecule has 0 N–H and O–H groups in total. The van der Waals surface area contributed by atoms with Gasteiger partial charge in [0.2, 0.25) is 0 Å². The number of hydrogen-bond acceptors (Lipinski definition) is 3. The molecule has 1 aliphatic carbocycles. The van der Waals surface area contributed by atoms with Crippen molar-refractivity contribution in [1.82, 2.24) is 0 Å². The van der Waals surface area contributed by atoms with Gasteiger partial charge in [0.25, 0.3) is 0 Å². The molecule has 0 radical (unpaired) electrons. The van der Waals surface area contributed by atoms with Gasteiger partial charge in [-0.05, 0) is 17.7 Å². The average molecular weight is 201 g/mol. The highest BCUT2D eigenvalue weighted by Crippen LogP contribution is 2.41. The zero-order valence-electron chi connectivity index (χ0n) is 8.49. The van der Waals surface area contributed by atoms with Crippen LogP contribution in [0.4, 0.5) is 0 Å². The van der Waals surface area contributed by atoms with Gasteiger partial charge in [0.1, 0.15) is 11.5 Å². The van der Waals surface area contributed by atoms with Crippen LogP contribution in [0.3, 0.4) is 0 Å². The van der Waals surface area contributed by atoms with Crippen LogP contribution in [0.2, 0.25) is 0 Å². The maximum atomic E-state index is 11.0.